The number of ether oxygens (including phenoxy) is 1. The quantitative estimate of drug-likeness (QED) is 0.818. The van der Waals surface area contributed by atoms with Crippen molar-refractivity contribution in [1.82, 2.24) is 4.90 Å². The van der Waals surface area contributed by atoms with Gasteiger partial charge < -0.3 is 9.64 Å². The van der Waals surface area contributed by atoms with Crippen molar-refractivity contribution in [2.45, 2.75) is 51.3 Å². The molecule has 2 aromatic rings. The van der Waals surface area contributed by atoms with E-state index in [1.807, 2.05) is 48.5 Å². The third-order valence-corrected chi connectivity index (χ3v) is 4.83. The molecule has 0 unspecified atom stereocenters. The average Bonchev–Trinajstić information content (AvgIpc) is 2.60. The molecule has 25 heavy (non-hydrogen) atoms. The highest BCUT2D eigenvalue weighted by molar-refractivity contribution is 5.79. The fourth-order valence-electron chi connectivity index (χ4n) is 3.54. The average molecular weight is 337 g/mol. The van der Waals surface area contributed by atoms with Crippen molar-refractivity contribution in [3.05, 3.63) is 71.8 Å². The standard InChI is InChI=1S/C22H27NO2/c1-22(2)16-20(13-14-25-22)23(17-19-11-7-4-8-12-19)21(24)15-18-9-5-3-6-10-18/h3-12,20H,13-17H2,1-2H3/t20-/m0/s1. The molecule has 1 atom stereocenters. The second-order valence-electron chi connectivity index (χ2n) is 7.42. The Morgan fingerprint density at radius 3 is 2.24 bits per heavy atom. The number of carbonyl (C=O) groups is 1. The zero-order valence-corrected chi connectivity index (χ0v) is 15.2. The molecule has 1 fully saturated rings. The first-order valence-electron chi connectivity index (χ1n) is 9.05. The van der Waals surface area contributed by atoms with Crippen LogP contribution < -0.4 is 0 Å². The molecule has 1 aliphatic rings. The lowest BCUT2D eigenvalue weighted by Gasteiger charge is -2.41. The number of rotatable bonds is 5. The lowest BCUT2D eigenvalue weighted by atomic mass is 9.92. The maximum atomic E-state index is 13.1. The van der Waals surface area contributed by atoms with Gasteiger partial charge in [-0.2, -0.15) is 0 Å². The number of hydrogen-bond donors (Lipinski definition) is 0. The number of hydrogen-bond acceptors (Lipinski definition) is 2. The van der Waals surface area contributed by atoms with Crippen molar-refractivity contribution in [1.29, 1.82) is 0 Å². The van der Waals surface area contributed by atoms with E-state index in [9.17, 15) is 4.79 Å². The molecule has 0 saturated carbocycles. The molecule has 1 heterocycles. The van der Waals surface area contributed by atoms with E-state index >= 15 is 0 Å². The Bertz CT molecular complexity index is 682. The van der Waals surface area contributed by atoms with Gasteiger partial charge in [0.1, 0.15) is 0 Å². The van der Waals surface area contributed by atoms with E-state index in [0.29, 0.717) is 19.6 Å². The fraction of sp³-hybridized carbons (Fsp3) is 0.409. The molecule has 3 heteroatoms. The molecule has 1 amide bonds. The number of benzene rings is 2. The Morgan fingerprint density at radius 2 is 1.64 bits per heavy atom. The molecular weight excluding hydrogens is 310 g/mol. The van der Waals surface area contributed by atoms with E-state index < -0.39 is 0 Å². The molecule has 1 aliphatic heterocycles. The summed E-state index contributed by atoms with van der Waals surface area (Å²) in [7, 11) is 0. The SMILES string of the molecule is CC1(C)C[C@@H](N(Cc2ccccc2)C(=O)Cc2ccccc2)CCO1. The van der Waals surface area contributed by atoms with Crippen LogP contribution in [0.1, 0.15) is 37.8 Å². The maximum Gasteiger partial charge on any atom is 0.227 e. The third-order valence-electron chi connectivity index (χ3n) is 4.83. The zero-order chi connectivity index (χ0) is 17.7. The summed E-state index contributed by atoms with van der Waals surface area (Å²) in [5.74, 6) is 0.192. The lowest BCUT2D eigenvalue weighted by molar-refractivity contribution is -0.140. The van der Waals surface area contributed by atoms with Gasteiger partial charge in [0.25, 0.3) is 0 Å². The van der Waals surface area contributed by atoms with E-state index in [1.165, 1.54) is 5.56 Å². The van der Waals surface area contributed by atoms with Crippen LogP contribution in [-0.2, 0) is 22.5 Å². The van der Waals surface area contributed by atoms with Crippen molar-refractivity contribution in [3.63, 3.8) is 0 Å². The summed E-state index contributed by atoms with van der Waals surface area (Å²) in [5.41, 5.74) is 2.07. The fourth-order valence-corrected chi connectivity index (χ4v) is 3.54. The summed E-state index contributed by atoms with van der Waals surface area (Å²) in [4.78, 5) is 15.2. The largest absolute Gasteiger partial charge is 0.375 e. The van der Waals surface area contributed by atoms with Gasteiger partial charge in [-0.1, -0.05) is 60.7 Å². The smallest absolute Gasteiger partial charge is 0.227 e. The Labute approximate surface area is 150 Å². The van der Waals surface area contributed by atoms with Crippen molar-refractivity contribution >= 4 is 5.91 Å². The molecule has 0 N–H and O–H groups in total. The Balaban J connectivity index is 1.79. The van der Waals surface area contributed by atoms with Crippen LogP contribution in [0, 0.1) is 0 Å². The predicted octanol–water partition coefficient (Wildman–Crippen LogP) is 4.22. The topological polar surface area (TPSA) is 29.5 Å². The highest BCUT2D eigenvalue weighted by Crippen LogP contribution is 2.29. The molecule has 0 spiro atoms. The Morgan fingerprint density at radius 1 is 1.04 bits per heavy atom. The predicted molar refractivity (Wildman–Crippen MR) is 100 cm³/mol. The zero-order valence-electron chi connectivity index (χ0n) is 15.2. The first-order valence-corrected chi connectivity index (χ1v) is 9.05. The van der Waals surface area contributed by atoms with E-state index in [-0.39, 0.29) is 17.6 Å². The molecule has 0 bridgehead atoms. The van der Waals surface area contributed by atoms with Crippen molar-refractivity contribution < 1.29 is 9.53 Å². The second kappa shape index (κ2) is 7.83. The van der Waals surface area contributed by atoms with Gasteiger partial charge in [-0.15, -0.1) is 0 Å². The summed E-state index contributed by atoms with van der Waals surface area (Å²) < 4.78 is 5.86. The molecule has 0 radical (unpaired) electrons. The van der Waals surface area contributed by atoms with Crippen LogP contribution in [0.3, 0.4) is 0 Å². The molecule has 1 saturated heterocycles. The van der Waals surface area contributed by atoms with Gasteiger partial charge in [0, 0.05) is 19.2 Å². The monoisotopic (exact) mass is 337 g/mol. The summed E-state index contributed by atoms with van der Waals surface area (Å²) in [6, 6.07) is 20.5. The molecule has 0 aliphatic carbocycles. The van der Waals surface area contributed by atoms with Crippen LogP contribution in [0.5, 0.6) is 0 Å². The molecule has 3 nitrogen and oxygen atoms in total. The molecule has 0 aromatic heterocycles. The number of amides is 1. The molecule has 2 aromatic carbocycles. The van der Waals surface area contributed by atoms with E-state index in [4.69, 9.17) is 4.74 Å². The third kappa shape index (κ3) is 4.93. The first-order chi connectivity index (χ1) is 12.0. The number of carbonyl (C=O) groups excluding carboxylic acids is 1. The summed E-state index contributed by atoms with van der Waals surface area (Å²) >= 11 is 0. The van der Waals surface area contributed by atoms with Gasteiger partial charge in [-0.05, 0) is 37.8 Å². The van der Waals surface area contributed by atoms with Gasteiger partial charge >= 0.3 is 0 Å². The van der Waals surface area contributed by atoms with E-state index in [2.05, 4.69) is 30.9 Å². The van der Waals surface area contributed by atoms with E-state index in [1.54, 1.807) is 0 Å². The minimum atomic E-state index is -0.176. The second-order valence-corrected chi connectivity index (χ2v) is 7.42. The highest BCUT2D eigenvalue weighted by atomic mass is 16.5. The van der Waals surface area contributed by atoms with Crippen LogP contribution in [0.25, 0.3) is 0 Å². The maximum absolute atomic E-state index is 13.1. The van der Waals surface area contributed by atoms with Crippen LogP contribution in [0.15, 0.2) is 60.7 Å². The van der Waals surface area contributed by atoms with Crippen molar-refractivity contribution in [2.24, 2.45) is 0 Å². The van der Waals surface area contributed by atoms with Crippen molar-refractivity contribution in [3.8, 4) is 0 Å². The Hall–Kier alpha value is -2.13. The number of nitrogens with zero attached hydrogens (tertiary/aromatic N) is 1. The van der Waals surface area contributed by atoms with Crippen LogP contribution in [-0.4, -0.2) is 29.1 Å². The van der Waals surface area contributed by atoms with Crippen LogP contribution >= 0.6 is 0 Å². The molecular formula is C22H27NO2. The van der Waals surface area contributed by atoms with Gasteiger partial charge in [0.15, 0.2) is 0 Å². The van der Waals surface area contributed by atoms with Crippen LogP contribution in [0.2, 0.25) is 0 Å². The van der Waals surface area contributed by atoms with Gasteiger partial charge in [0.2, 0.25) is 5.91 Å². The summed E-state index contributed by atoms with van der Waals surface area (Å²) in [6.07, 6.45) is 2.22. The Kier molecular flexibility index (Phi) is 5.54. The van der Waals surface area contributed by atoms with Gasteiger partial charge in [0.05, 0.1) is 12.0 Å². The minimum absolute atomic E-state index is 0.176. The highest BCUT2D eigenvalue weighted by Gasteiger charge is 2.34. The minimum Gasteiger partial charge on any atom is -0.375 e. The molecule has 132 valence electrons. The van der Waals surface area contributed by atoms with Gasteiger partial charge in [-0.3, -0.25) is 4.79 Å². The summed E-state index contributed by atoms with van der Waals surface area (Å²) in [6.45, 7) is 5.60. The van der Waals surface area contributed by atoms with Crippen LogP contribution in [0.4, 0.5) is 0 Å². The summed E-state index contributed by atoms with van der Waals surface area (Å²) in [5, 5.41) is 0. The lowest BCUT2D eigenvalue weighted by Crippen LogP contribution is -2.48. The van der Waals surface area contributed by atoms with E-state index in [0.717, 1.165) is 18.4 Å². The normalized spacial score (nSPS) is 19.4. The van der Waals surface area contributed by atoms with Crippen molar-refractivity contribution in [2.75, 3.05) is 6.61 Å². The molecule has 3 rings (SSSR count). The van der Waals surface area contributed by atoms with Gasteiger partial charge in [-0.25, -0.2) is 0 Å². The first kappa shape index (κ1) is 17.7.